The van der Waals surface area contributed by atoms with Gasteiger partial charge in [-0.25, -0.2) is 0 Å². The lowest BCUT2D eigenvalue weighted by Crippen LogP contribution is -1.98. The Morgan fingerprint density at radius 2 is 2.00 bits per heavy atom. The predicted molar refractivity (Wildman–Crippen MR) is 53.3 cm³/mol. The third-order valence-corrected chi connectivity index (χ3v) is 2.01. The smallest absolute Gasteiger partial charge is 0.119 e. The third kappa shape index (κ3) is 2.90. The Labute approximate surface area is 83.1 Å². The Hall–Kier alpha value is -0.730. The number of hydrogen-bond donors (Lipinski definition) is 1. The standard InChI is InChI=1S/C10H13ClO2/c1-2-13-9-5-3-8(4-6-9)10(12)7-11/h3-6,10,12H,2,7H2,1H3/t10-/m1/s1. The van der Waals surface area contributed by atoms with Gasteiger partial charge in [-0.3, -0.25) is 0 Å². The molecule has 0 spiro atoms. The molecule has 0 amide bonds. The van der Waals surface area contributed by atoms with Gasteiger partial charge >= 0.3 is 0 Å². The molecule has 0 aliphatic carbocycles. The zero-order valence-electron chi connectivity index (χ0n) is 7.53. The van der Waals surface area contributed by atoms with Crippen molar-refractivity contribution in [3.8, 4) is 5.75 Å². The molecule has 1 aromatic rings. The van der Waals surface area contributed by atoms with Crippen LogP contribution in [0.3, 0.4) is 0 Å². The lowest BCUT2D eigenvalue weighted by atomic mass is 10.1. The van der Waals surface area contributed by atoms with Gasteiger partial charge in [-0.15, -0.1) is 11.6 Å². The van der Waals surface area contributed by atoms with Crippen LogP contribution in [0.5, 0.6) is 5.75 Å². The maximum absolute atomic E-state index is 9.38. The van der Waals surface area contributed by atoms with Crippen LogP contribution in [0, 0.1) is 0 Å². The Balaban J connectivity index is 2.69. The number of aliphatic hydroxyl groups is 1. The minimum absolute atomic E-state index is 0.216. The van der Waals surface area contributed by atoms with E-state index in [0.29, 0.717) is 6.61 Å². The molecule has 0 aliphatic heterocycles. The summed E-state index contributed by atoms with van der Waals surface area (Å²) in [6.45, 7) is 2.58. The van der Waals surface area contributed by atoms with Crippen LogP contribution in [-0.4, -0.2) is 17.6 Å². The van der Waals surface area contributed by atoms with Crippen LogP contribution in [-0.2, 0) is 0 Å². The first-order chi connectivity index (χ1) is 6.27. The van der Waals surface area contributed by atoms with Crippen molar-refractivity contribution >= 4 is 11.6 Å². The van der Waals surface area contributed by atoms with Gasteiger partial charge in [-0.1, -0.05) is 12.1 Å². The molecule has 0 heterocycles. The monoisotopic (exact) mass is 200 g/mol. The van der Waals surface area contributed by atoms with Gasteiger partial charge < -0.3 is 9.84 Å². The summed E-state index contributed by atoms with van der Waals surface area (Å²) in [5, 5.41) is 9.38. The third-order valence-electron chi connectivity index (χ3n) is 1.72. The van der Waals surface area contributed by atoms with Crippen LogP contribution in [0.1, 0.15) is 18.6 Å². The molecule has 0 bridgehead atoms. The van der Waals surface area contributed by atoms with Gasteiger partial charge in [0.15, 0.2) is 0 Å². The quantitative estimate of drug-likeness (QED) is 0.757. The zero-order valence-corrected chi connectivity index (χ0v) is 8.29. The lowest BCUT2D eigenvalue weighted by Gasteiger charge is -2.08. The van der Waals surface area contributed by atoms with Crippen LogP contribution in [0.15, 0.2) is 24.3 Å². The van der Waals surface area contributed by atoms with E-state index in [2.05, 4.69) is 0 Å². The van der Waals surface area contributed by atoms with E-state index in [1.54, 1.807) is 0 Å². The largest absolute Gasteiger partial charge is 0.494 e. The number of rotatable bonds is 4. The Morgan fingerprint density at radius 3 is 2.46 bits per heavy atom. The van der Waals surface area contributed by atoms with Gasteiger partial charge in [0.2, 0.25) is 0 Å². The number of ether oxygens (including phenoxy) is 1. The normalized spacial score (nSPS) is 12.5. The van der Waals surface area contributed by atoms with E-state index in [9.17, 15) is 5.11 Å². The molecule has 0 saturated carbocycles. The number of alkyl halides is 1. The first kappa shape index (κ1) is 10.4. The molecule has 1 aromatic carbocycles. The molecular weight excluding hydrogens is 188 g/mol. The van der Waals surface area contributed by atoms with Gasteiger partial charge in [0, 0.05) is 0 Å². The summed E-state index contributed by atoms with van der Waals surface area (Å²) in [7, 11) is 0. The van der Waals surface area contributed by atoms with E-state index in [1.165, 1.54) is 0 Å². The summed E-state index contributed by atoms with van der Waals surface area (Å²) < 4.78 is 5.26. The van der Waals surface area contributed by atoms with Crippen molar-refractivity contribution < 1.29 is 9.84 Å². The molecular formula is C10H13ClO2. The van der Waals surface area contributed by atoms with Crippen molar-refractivity contribution in [3.05, 3.63) is 29.8 Å². The second-order valence-corrected chi connectivity index (χ2v) is 2.98. The van der Waals surface area contributed by atoms with Gasteiger partial charge in [0.1, 0.15) is 5.75 Å². The first-order valence-electron chi connectivity index (χ1n) is 4.24. The molecule has 0 unspecified atom stereocenters. The summed E-state index contributed by atoms with van der Waals surface area (Å²) >= 11 is 5.51. The fraction of sp³-hybridized carbons (Fsp3) is 0.400. The van der Waals surface area contributed by atoms with E-state index in [4.69, 9.17) is 16.3 Å². The minimum Gasteiger partial charge on any atom is -0.494 e. The molecule has 2 nitrogen and oxygen atoms in total. The summed E-state index contributed by atoms with van der Waals surface area (Å²) in [5.41, 5.74) is 0.818. The van der Waals surface area contributed by atoms with E-state index < -0.39 is 6.10 Å². The van der Waals surface area contributed by atoms with Gasteiger partial charge in [0.25, 0.3) is 0 Å². The summed E-state index contributed by atoms with van der Waals surface area (Å²) in [6, 6.07) is 7.29. The number of halogens is 1. The molecule has 1 N–H and O–H groups in total. The van der Waals surface area contributed by atoms with Crippen LogP contribution >= 0.6 is 11.6 Å². The Morgan fingerprint density at radius 1 is 1.38 bits per heavy atom. The van der Waals surface area contributed by atoms with Gasteiger partial charge in [0.05, 0.1) is 18.6 Å². The SMILES string of the molecule is CCOc1ccc([C@H](O)CCl)cc1. The maximum atomic E-state index is 9.38. The summed E-state index contributed by atoms with van der Waals surface area (Å²) in [6.07, 6.45) is -0.586. The van der Waals surface area contributed by atoms with Crippen molar-refractivity contribution in [1.82, 2.24) is 0 Å². The first-order valence-corrected chi connectivity index (χ1v) is 4.78. The molecule has 0 saturated heterocycles. The van der Waals surface area contributed by atoms with E-state index in [1.807, 2.05) is 31.2 Å². The van der Waals surface area contributed by atoms with Gasteiger partial charge in [-0.2, -0.15) is 0 Å². The molecule has 3 heteroatoms. The molecule has 0 radical (unpaired) electrons. The topological polar surface area (TPSA) is 29.5 Å². The van der Waals surface area contributed by atoms with Crippen LogP contribution < -0.4 is 4.74 Å². The van der Waals surface area contributed by atoms with E-state index in [-0.39, 0.29) is 5.88 Å². The van der Waals surface area contributed by atoms with Crippen molar-refractivity contribution in [2.75, 3.05) is 12.5 Å². The van der Waals surface area contributed by atoms with Crippen LogP contribution in [0.25, 0.3) is 0 Å². The van der Waals surface area contributed by atoms with Crippen LogP contribution in [0.2, 0.25) is 0 Å². The van der Waals surface area contributed by atoms with Crippen molar-refractivity contribution in [2.45, 2.75) is 13.0 Å². The van der Waals surface area contributed by atoms with Crippen molar-refractivity contribution in [3.63, 3.8) is 0 Å². The molecule has 0 fully saturated rings. The second-order valence-electron chi connectivity index (χ2n) is 2.67. The number of benzene rings is 1. The van der Waals surface area contributed by atoms with Crippen molar-refractivity contribution in [2.24, 2.45) is 0 Å². The number of aliphatic hydroxyl groups excluding tert-OH is 1. The summed E-state index contributed by atoms with van der Waals surface area (Å²) in [4.78, 5) is 0. The van der Waals surface area contributed by atoms with Crippen molar-refractivity contribution in [1.29, 1.82) is 0 Å². The highest BCUT2D eigenvalue weighted by molar-refractivity contribution is 6.18. The Bertz CT molecular complexity index is 246. The minimum atomic E-state index is -0.586. The fourth-order valence-corrected chi connectivity index (χ4v) is 1.22. The molecule has 0 aliphatic rings. The molecule has 0 aromatic heterocycles. The summed E-state index contributed by atoms with van der Waals surface area (Å²) in [5.74, 6) is 1.03. The average molecular weight is 201 g/mol. The molecule has 1 rings (SSSR count). The lowest BCUT2D eigenvalue weighted by molar-refractivity contribution is 0.202. The second kappa shape index (κ2) is 5.10. The zero-order chi connectivity index (χ0) is 9.68. The average Bonchev–Trinajstić information content (AvgIpc) is 2.18. The number of hydrogen-bond acceptors (Lipinski definition) is 2. The fourth-order valence-electron chi connectivity index (χ4n) is 1.04. The highest BCUT2D eigenvalue weighted by Crippen LogP contribution is 2.18. The molecule has 1 atom stereocenters. The highest BCUT2D eigenvalue weighted by atomic mass is 35.5. The van der Waals surface area contributed by atoms with E-state index >= 15 is 0 Å². The molecule has 13 heavy (non-hydrogen) atoms. The Kier molecular flexibility index (Phi) is 4.06. The maximum Gasteiger partial charge on any atom is 0.119 e. The predicted octanol–water partition coefficient (Wildman–Crippen LogP) is 2.36. The van der Waals surface area contributed by atoms with Gasteiger partial charge in [-0.05, 0) is 24.6 Å². The van der Waals surface area contributed by atoms with E-state index in [0.717, 1.165) is 11.3 Å². The van der Waals surface area contributed by atoms with Crippen LogP contribution in [0.4, 0.5) is 0 Å². The molecule has 72 valence electrons. The highest BCUT2D eigenvalue weighted by Gasteiger charge is 2.04.